The van der Waals surface area contributed by atoms with Crippen molar-refractivity contribution < 1.29 is 13.7 Å². The monoisotopic (exact) mass is 439 g/mol. The number of anilines is 1. The molecule has 0 bridgehead atoms. The van der Waals surface area contributed by atoms with E-state index in [1.165, 1.54) is 0 Å². The second kappa shape index (κ2) is 8.41. The predicted octanol–water partition coefficient (Wildman–Crippen LogP) is 4.08. The number of rotatable bonds is 4. The largest absolute Gasteiger partial charge is 0.380 e. The minimum Gasteiger partial charge on any atom is -0.380 e. The molecule has 1 aromatic carbocycles. The summed E-state index contributed by atoms with van der Waals surface area (Å²) in [5, 5.41) is 8.53. The summed E-state index contributed by atoms with van der Waals surface area (Å²) >= 11 is 0. The van der Waals surface area contributed by atoms with Crippen LogP contribution >= 0.6 is 0 Å². The minimum absolute atomic E-state index is 0.226. The summed E-state index contributed by atoms with van der Waals surface area (Å²) in [5.74, 6) is 1.41. The number of hydrogen-bond acceptors (Lipinski definition) is 7. The SMILES string of the molecule is Cc1cc(F)c2nc(N3CCC(N[C@H]4CCOC4)C[C@H]3C)c(-c3nc(C)no3)c(C)c2c1. The van der Waals surface area contributed by atoms with Gasteiger partial charge in [0.1, 0.15) is 17.2 Å². The first-order chi connectivity index (χ1) is 15.4. The molecule has 0 aliphatic carbocycles. The van der Waals surface area contributed by atoms with E-state index in [1.807, 2.05) is 19.9 Å². The van der Waals surface area contributed by atoms with Crippen molar-refractivity contribution in [2.45, 2.75) is 65.1 Å². The summed E-state index contributed by atoms with van der Waals surface area (Å²) in [5.41, 5.74) is 2.95. The van der Waals surface area contributed by atoms with Crippen LogP contribution in [-0.2, 0) is 4.74 Å². The van der Waals surface area contributed by atoms with Crippen LogP contribution in [0.1, 0.15) is 43.1 Å². The van der Waals surface area contributed by atoms with Gasteiger partial charge in [-0.15, -0.1) is 0 Å². The van der Waals surface area contributed by atoms with Crippen LogP contribution in [0.2, 0.25) is 0 Å². The van der Waals surface area contributed by atoms with Crippen molar-refractivity contribution in [3.8, 4) is 11.5 Å². The number of benzene rings is 1. The molecule has 1 unspecified atom stereocenters. The molecule has 0 spiro atoms. The number of pyridine rings is 1. The number of nitrogens with zero attached hydrogens (tertiary/aromatic N) is 4. The summed E-state index contributed by atoms with van der Waals surface area (Å²) < 4.78 is 26.0. The number of nitrogens with one attached hydrogen (secondary N) is 1. The van der Waals surface area contributed by atoms with E-state index >= 15 is 0 Å². The molecule has 0 radical (unpaired) electrons. The Bertz CT molecular complexity index is 1140. The predicted molar refractivity (Wildman–Crippen MR) is 121 cm³/mol. The third-order valence-corrected chi connectivity index (χ3v) is 6.72. The fraction of sp³-hybridized carbons (Fsp3) is 0.542. The molecule has 3 atom stereocenters. The molecule has 2 aromatic heterocycles. The first kappa shape index (κ1) is 21.3. The number of ether oxygens (including phenoxy) is 1. The maximum Gasteiger partial charge on any atom is 0.261 e. The summed E-state index contributed by atoms with van der Waals surface area (Å²) in [4.78, 5) is 11.6. The molecule has 4 heterocycles. The van der Waals surface area contributed by atoms with Crippen molar-refractivity contribution in [2.75, 3.05) is 24.7 Å². The van der Waals surface area contributed by atoms with Crippen LogP contribution in [0.25, 0.3) is 22.4 Å². The molecular weight excluding hydrogens is 409 g/mol. The lowest BCUT2D eigenvalue weighted by Crippen LogP contribution is -2.50. The number of halogens is 1. The highest BCUT2D eigenvalue weighted by Gasteiger charge is 2.32. The summed E-state index contributed by atoms with van der Waals surface area (Å²) in [7, 11) is 0. The number of hydrogen-bond donors (Lipinski definition) is 1. The zero-order chi connectivity index (χ0) is 22.4. The zero-order valence-electron chi connectivity index (χ0n) is 19.1. The average molecular weight is 440 g/mol. The van der Waals surface area contributed by atoms with Gasteiger partial charge >= 0.3 is 0 Å². The minimum atomic E-state index is -0.303. The van der Waals surface area contributed by atoms with Crippen LogP contribution in [-0.4, -0.2) is 53.0 Å². The van der Waals surface area contributed by atoms with Crippen LogP contribution < -0.4 is 10.2 Å². The summed E-state index contributed by atoms with van der Waals surface area (Å²) in [6, 6.07) is 4.61. The first-order valence-corrected chi connectivity index (χ1v) is 11.4. The fourth-order valence-corrected chi connectivity index (χ4v) is 5.10. The second-order valence-corrected chi connectivity index (χ2v) is 9.22. The van der Waals surface area contributed by atoms with Crippen LogP contribution in [0.5, 0.6) is 0 Å². The molecule has 2 aliphatic rings. The van der Waals surface area contributed by atoms with E-state index in [9.17, 15) is 4.39 Å². The molecule has 8 heteroatoms. The van der Waals surface area contributed by atoms with Gasteiger partial charge in [-0.25, -0.2) is 9.37 Å². The number of aryl methyl sites for hydroxylation is 3. The maximum absolute atomic E-state index is 14.9. The van der Waals surface area contributed by atoms with E-state index in [4.69, 9.17) is 14.2 Å². The Hall–Kier alpha value is -2.58. The van der Waals surface area contributed by atoms with E-state index in [1.54, 1.807) is 13.0 Å². The quantitative estimate of drug-likeness (QED) is 0.656. The molecule has 0 saturated carbocycles. The average Bonchev–Trinajstić information content (AvgIpc) is 3.40. The van der Waals surface area contributed by atoms with Gasteiger partial charge in [-0.05, 0) is 70.2 Å². The van der Waals surface area contributed by atoms with Gasteiger partial charge in [0.2, 0.25) is 0 Å². The second-order valence-electron chi connectivity index (χ2n) is 9.22. The van der Waals surface area contributed by atoms with Crippen molar-refractivity contribution in [3.05, 3.63) is 34.9 Å². The van der Waals surface area contributed by atoms with Gasteiger partial charge in [-0.3, -0.25) is 0 Å². The Morgan fingerprint density at radius 2 is 1.97 bits per heavy atom. The molecule has 7 nitrogen and oxygen atoms in total. The van der Waals surface area contributed by atoms with Crippen molar-refractivity contribution in [2.24, 2.45) is 0 Å². The van der Waals surface area contributed by atoms with Gasteiger partial charge in [0, 0.05) is 36.7 Å². The molecule has 1 N–H and O–H groups in total. The van der Waals surface area contributed by atoms with E-state index < -0.39 is 0 Å². The maximum atomic E-state index is 14.9. The molecule has 5 rings (SSSR count). The molecule has 2 fully saturated rings. The van der Waals surface area contributed by atoms with Gasteiger partial charge in [-0.1, -0.05) is 5.16 Å². The molecule has 2 aliphatic heterocycles. The Morgan fingerprint density at radius 1 is 1.12 bits per heavy atom. The lowest BCUT2D eigenvalue weighted by atomic mass is 9.95. The molecule has 3 aromatic rings. The van der Waals surface area contributed by atoms with Crippen molar-refractivity contribution in [1.82, 2.24) is 20.4 Å². The number of aromatic nitrogens is 3. The van der Waals surface area contributed by atoms with Gasteiger partial charge in [0.05, 0.1) is 12.2 Å². The molecular formula is C24H30FN5O2. The van der Waals surface area contributed by atoms with Crippen molar-refractivity contribution in [1.29, 1.82) is 0 Å². The first-order valence-electron chi connectivity index (χ1n) is 11.4. The van der Waals surface area contributed by atoms with Gasteiger partial charge in [0.25, 0.3) is 5.89 Å². The third kappa shape index (κ3) is 3.86. The summed E-state index contributed by atoms with van der Waals surface area (Å²) in [6.07, 6.45) is 3.03. The van der Waals surface area contributed by atoms with Gasteiger partial charge < -0.3 is 19.5 Å². The fourth-order valence-electron chi connectivity index (χ4n) is 5.10. The van der Waals surface area contributed by atoms with Crippen LogP contribution in [0, 0.1) is 26.6 Å². The van der Waals surface area contributed by atoms with E-state index in [-0.39, 0.29) is 11.9 Å². The topological polar surface area (TPSA) is 76.3 Å². The molecule has 170 valence electrons. The van der Waals surface area contributed by atoms with Gasteiger partial charge in [0.15, 0.2) is 5.82 Å². The van der Waals surface area contributed by atoms with E-state index in [0.717, 1.165) is 66.9 Å². The standard InChI is InChI=1S/C24H30FN5O2/c1-13-9-19-15(3)21(24-26-16(4)29-32-24)23(28-22(19)20(25)10-13)30-7-5-17(11-14(30)2)27-18-6-8-31-12-18/h9-10,14,17-18,27H,5-8,11-12H2,1-4H3/t14-,17?,18+/m1/s1. The molecule has 0 amide bonds. The Kier molecular flexibility index (Phi) is 5.59. The van der Waals surface area contributed by atoms with Crippen LogP contribution in [0.4, 0.5) is 10.2 Å². The molecule has 32 heavy (non-hydrogen) atoms. The Morgan fingerprint density at radius 3 is 2.66 bits per heavy atom. The summed E-state index contributed by atoms with van der Waals surface area (Å²) in [6.45, 7) is 10.3. The third-order valence-electron chi connectivity index (χ3n) is 6.72. The van der Waals surface area contributed by atoms with Crippen molar-refractivity contribution in [3.63, 3.8) is 0 Å². The van der Waals surface area contributed by atoms with Crippen LogP contribution in [0.3, 0.4) is 0 Å². The van der Waals surface area contributed by atoms with Gasteiger partial charge in [-0.2, -0.15) is 4.98 Å². The number of piperidine rings is 1. The number of fused-ring (bicyclic) bond motifs is 1. The Balaban J connectivity index is 1.55. The highest BCUT2D eigenvalue weighted by molar-refractivity contribution is 5.93. The lowest BCUT2D eigenvalue weighted by molar-refractivity contribution is 0.185. The highest BCUT2D eigenvalue weighted by Crippen LogP contribution is 2.39. The zero-order valence-corrected chi connectivity index (χ0v) is 19.1. The van der Waals surface area contributed by atoms with Crippen molar-refractivity contribution >= 4 is 16.7 Å². The van der Waals surface area contributed by atoms with Crippen LogP contribution in [0.15, 0.2) is 16.7 Å². The lowest BCUT2D eigenvalue weighted by Gasteiger charge is -2.40. The Labute approximate surface area is 187 Å². The van der Waals surface area contributed by atoms with E-state index in [2.05, 4.69) is 27.3 Å². The van der Waals surface area contributed by atoms with E-state index in [0.29, 0.717) is 29.3 Å². The normalized spacial score (nSPS) is 23.9. The molecule has 2 saturated heterocycles. The smallest absolute Gasteiger partial charge is 0.261 e. The highest BCUT2D eigenvalue weighted by atomic mass is 19.1.